The quantitative estimate of drug-likeness (QED) is 0.502. The third kappa shape index (κ3) is 3.11. The molecule has 7 heteroatoms. The molecular formula is C13H15FN2O4. The molecule has 2 N–H and O–H groups in total. The first-order valence-electron chi connectivity index (χ1n) is 6.39. The molecular weight excluding hydrogens is 267 g/mol. The van der Waals surface area contributed by atoms with Crippen LogP contribution in [0.1, 0.15) is 36.0 Å². The average Bonchev–Trinajstić information content (AvgIpc) is 2.41. The number of nitro benzene ring substituents is 1. The fraction of sp³-hybridized carbons (Fsp3) is 0.462. The molecule has 1 aromatic carbocycles. The van der Waals surface area contributed by atoms with Crippen LogP contribution in [0.25, 0.3) is 0 Å². The van der Waals surface area contributed by atoms with E-state index in [9.17, 15) is 24.4 Å². The van der Waals surface area contributed by atoms with E-state index in [1.165, 1.54) is 0 Å². The topological polar surface area (TPSA) is 92.5 Å². The number of aliphatic hydroxyl groups excluding tert-OH is 1. The van der Waals surface area contributed by atoms with E-state index in [-0.39, 0.29) is 35.4 Å². The minimum Gasteiger partial charge on any atom is -0.393 e. The highest BCUT2D eigenvalue weighted by molar-refractivity contribution is 5.80. The van der Waals surface area contributed by atoms with Gasteiger partial charge in [-0.15, -0.1) is 0 Å². The zero-order valence-electron chi connectivity index (χ0n) is 10.7. The maximum Gasteiger partial charge on any atom is 0.293 e. The van der Waals surface area contributed by atoms with Gasteiger partial charge in [-0.1, -0.05) is 0 Å². The Kier molecular flexibility index (Phi) is 4.29. The molecule has 1 saturated carbocycles. The predicted octanol–water partition coefficient (Wildman–Crippen LogP) is 2.26. The summed E-state index contributed by atoms with van der Waals surface area (Å²) in [5, 5.41) is 23.3. The summed E-state index contributed by atoms with van der Waals surface area (Å²) in [5.41, 5.74) is -0.583. The standard InChI is InChI=1S/C13H15FN2O4/c14-11-6-12(13(16(19)20)5-8(11)7-17)15-9-1-3-10(18)4-2-9/h5-7,9-10,15,18H,1-4H2. The summed E-state index contributed by atoms with van der Waals surface area (Å²) in [5.74, 6) is -0.788. The number of rotatable bonds is 4. The van der Waals surface area contributed by atoms with E-state index >= 15 is 0 Å². The van der Waals surface area contributed by atoms with Crippen molar-refractivity contribution < 1.29 is 19.2 Å². The average molecular weight is 282 g/mol. The van der Waals surface area contributed by atoms with Crippen LogP contribution in [-0.4, -0.2) is 28.5 Å². The zero-order valence-corrected chi connectivity index (χ0v) is 10.7. The lowest BCUT2D eigenvalue weighted by atomic mass is 9.93. The van der Waals surface area contributed by atoms with Crippen LogP contribution in [0.4, 0.5) is 15.8 Å². The van der Waals surface area contributed by atoms with Crippen LogP contribution in [0.15, 0.2) is 12.1 Å². The second-order valence-electron chi connectivity index (χ2n) is 4.92. The monoisotopic (exact) mass is 282 g/mol. The van der Waals surface area contributed by atoms with Gasteiger partial charge in [0, 0.05) is 18.2 Å². The van der Waals surface area contributed by atoms with E-state index in [0.29, 0.717) is 25.7 Å². The number of benzene rings is 1. The number of nitro groups is 1. The Morgan fingerprint density at radius 3 is 2.55 bits per heavy atom. The van der Waals surface area contributed by atoms with E-state index in [1.54, 1.807) is 0 Å². The largest absolute Gasteiger partial charge is 0.393 e. The van der Waals surface area contributed by atoms with E-state index < -0.39 is 10.7 Å². The normalized spacial score (nSPS) is 22.3. The number of carbonyl (C=O) groups is 1. The number of hydrogen-bond acceptors (Lipinski definition) is 5. The van der Waals surface area contributed by atoms with Crippen LogP contribution in [0.3, 0.4) is 0 Å². The molecule has 0 aliphatic heterocycles. The van der Waals surface area contributed by atoms with Gasteiger partial charge in [-0.25, -0.2) is 4.39 Å². The number of aliphatic hydroxyl groups is 1. The van der Waals surface area contributed by atoms with Crippen molar-refractivity contribution >= 4 is 17.7 Å². The van der Waals surface area contributed by atoms with Gasteiger partial charge in [-0.2, -0.15) is 0 Å². The lowest BCUT2D eigenvalue weighted by Crippen LogP contribution is -2.28. The van der Waals surface area contributed by atoms with Gasteiger partial charge < -0.3 is 10.4 Å². The van der Waals surface area contributed by atoms with Crippen molar-refractivity contribution in [2.45, 2.75) is 37.8 Å². The molecule has 2 rings (SSSR count). The van der Waals surface area contributed by atoms with Crippen molar-refractivity contribution in [1.82, 2.24) is 0 Å². The molecule has 0 amide bonds. The van der Waals surface area contributed by atoms with Gasteiger partial charge in [0.1, 0.15) is 11.5 Å². The third-order valence-corrected chi connectivity index (χ3v) is 3.50. The Bertz CT molecular complexity index is 527. The first-order valence-corrected chi connectivity index (χ1v) is 6.39. The first kappa shape index (κ1) is 14.4. The maximum absolute atomic E-state index is 13.6. The van der Waals surface area contributed by atoms with Crippen molar-refractivity contribution in [2.75, 3.05) is 5.32 Å². The maximum atomic E-state index is 13.6. The Labute approximate surface area is 114 Å². The molecule has 0 saturated heterocycles. The molecule has 0 heterocycles. The summed E-state index contributed by atoms with van der Waals surface area (Å²) >= 11 is 0. The summed E-state index contributed by atoms with van der Waals surface area (Å²) in [7, 11) is 0. The minimum absolute atomic E-state index is 0.0430. The molecule has 0 radical (unpaired) electrons. The molecule has 1 aromatic rings. The highest BCUT2D eigenvalue weighted by Gasteiger charge is 2.24. The van der Waals surface area contributed by atoms with E-state index in [2.05, 4.69) is 5.32 Å². The van der Waals surface area contributed by atoms with Gasteiger partial charge in [0.2, 0.25) is 0 Å². The Hall–Kier alpha value is -2.02. The van der Waals surface area contributed by atoms with Gasteiger partial charge in [0.15, 0.2) is 6.29 Å². The van der Waals surface area contributed by atoms with Gasteiger partial charge in [-0.3, -0.25) is 14.9 Å². The Morgan fingerprint density at radius 2 is 2.00 bits per heavy atom. The van der Waals surface area contributed by atoms with Crippen molar-refractivity contribution in [3.63, 3.8) is 0 Å². The number of aldehydes is 1. The lowest BCUT2D eigenvalue weighted by Gasteiger charge is -2.26. The van der Waals surface area contributed by atoms with Crippen molar-refractivity contribution in [3.05, 3.63) is 33.6 Å². The van der Waals surface area contributed by atoms with Gasteiger partial charge in [-0.05, 0) is 25.7 Å². The summed E-state index contributed by atoms with van der Waals surface area (Å²) in [6, 6.07) is 1.87. The molecule has 0 aromatic heterocycles. The van der Waals surface area contributed by atoms with Crippen LogP contribution in [-0.2, 0) is 0 Å². The van der Waals surface area contributed by atoms with Gasteiger partial charge in [0.25, 0.3) is 5.69 Å². The van der Waals surface area contributed by atoms with Crippen molar-refractivity contribution in [1.29, 1.82) is 0 Å². The molecule has 20 heavy (non-hydrogen) atoms. The lowest BCUT2D eigenvalue weighted by molar-refractivity contribution is -0.384. The molecule has 6 nitrogen and oxygen atoms in total. The van der Waals surface area contributed by atoms with Gasteiger partial charge >= 0.3 is 0 Å². The molecule has 0 bridgehead atoms. The van der Waals surface area contributed by atoms with Crippen molar-refractivity contribution in [3.8, 4) is 0 Å². The Balaban J connectivity index is 2.24. The fourth-order valence-corrected chi connectivity index (χ4v) is 2.38. The summed E-state index contributed by atoms with van der Waals surface area (Å²) in [4.78, 5) is 21.0. The van der Waals surface area contributed by atoms with E-state index in [0.717, 1.165) is 12.1 Å². The predicted molar refractivity (Wildman–Crippen MR) is 70.3 cm³/mol. The van der Waals surface area contributed by atoms with E-state index in [4.69, 9.17) is 0 Å². The molecule has 0 atom stereocenters. The highest BCUT2D eigenvalue weighted by atomic mass is 19.1. The molecule has 0 spiro atoms. The molecule has 0 unspecified atom stereocenters. The van der Waals surface area contributed by atoms with Crippen LogP contribution in [0.5, 0.6) is 0 Å². The van der Waals surface area contributed by atoms with Crippen LogP contribution >= 0.6 is 0 Å². The molecule has 1 aliphatic rings. The first-order chi connectivity index (χ1) is 9.51. The van der Waals surface area contributed by atoms with Crippen LogP contribution in [0.2, 0.25) is 0 Å². The number of nitrogens with one attached hydrogen (secondary N) is 1. The number of nitrogens with zero attached hydrogens (tertiary/aromatic N) is 1. The second kappa shape index (κ2) is 5.96. The number of anilines is 1. The molecule has 1 fully saturated rings. The van der Waals surface area contributed by atoms with Crippen LogP contribution in [0, 0.1) is 15.9 Å². The van der Waals surface area contributed by atoms with Crippen molar-refractivity contribution in [2.24, 2.45) is 0 Å². The fourth-order valence-electron chi connectivity index (χ4n) is 2.38. The smallest absolute Gasteiger partial charge is 0.293 e. The number of carbonyl (C=O) groups excluding carboxylic acids is 1. The zero-order chi connectivity index (χ0) is 14.7. The molecule has 108 valence electrons. The Morgan fingerprint density at radius 1 is 1.35 bits per heavy atom. The number of halogens is 1. The minimum atomic E-state index is -0.788. The van der Waals surface area contributed by atoms with E-state index in [1.807, 2.05) is 0 Å². The van der Waals surface area contributed by atoms with Gasteiger partial charge in [0.05, 0.1) is 16.6 Å². The molecule has 1 aliphatic carbocycles. The highest BCUT2D eigenvalue weighted by Crippen LogP contribution is 2.30. The summed E-state index contributed by atoms with van der Waals surface area (Å²) in [6.45, 7) is 0. The third-order valence-electron chi connectivity index (χ3n) is 3.50. The summed E-state index contributed by atoms with van der Waals surface area (Å²) in [6.07, 6.45) is 2.46. The second-order valence-corrected chi connectivity index (χ2v) is 4.92. The SMILES string of the molecule is O=Cc1cc([N+](=O)[O-])c(NC2CCC(O)CC2)cc1F. The summed E-state index contributed by atoms with van der Waals surface area (Å²) < 4.78 is 13.6. The number of hydrogen-bond donors (Lipinski definition) is 2. The van der Waals surface area contributed by atoms with Crippen LogP contribution < -0.4 is 5.32 Å².